The van der Waals surface area contributed by atoms with Crippen LogP contribution in [0.3, 0.4) is 0 Å². The summed E-state index contributed by atoms with van der Waals surface area (Å²) in [5, 5.41) is 3.33. The number of benzene rings is 1. The molecule has 2 heterocycles. The summed E-state index contributed by atoms with van der Waals surface area (Å²) in [6.07, 6.45) is 1.04. The lowest BCUT2D eigenvalue weighted by molar-refractivity contribution is 0.425. The molecule has 2 aromatic rings. The highest BCUT2D eigenvalue weighted by atomic mass is 79.9. The minimum Gasteiger partial charge on any atom is -0.353 e. The van der Waals surface area contributed by atoms with Gasteiger partial charge in [-0.25, -0.2) is 4.98 Å². The van der Waals surface area contributed by atoms with Crippen LogP contribution in [-0.4, -0.2) is 48.6 Å². The van der Waals surface area contributed by atoms with E-state index in [0.29, 0.717) is 5.95 Å². The molecule has 1 aromatic carbocycles. The number of anilines is 2. The Morgan fingerprint density at radius 3 is 2.83 bits per heavy atom. The van der Waals surface area contributed by atoms with Gasteiger partial charge >= 0.3 is 0 Å². The summed E-state index contributed by atoms with van der Waals surface area (Å²) < 4.78 is 1.15. The SMILES string of the molecule is Cc1cc(N2CCc3cc(Br)ccc3C2)nc(NCCN(C)C)n1. The summed E-state index contributed by atoms with van der Waals surface area (Å²) >= 11 is 3.56. The Bertz CT molecular complexity index is 717. The molecule has 0 fully saturated rings. The first-order chi connectivity index (χ1) is 11.5. The van der Waals surface area contributed by atoms with Gasteiger partial charge in [0, 0.05) is 42.4 Å². The maximum atomic E-state index is 4.72. The molecule has 5 nitrogen and oxygen atoms in total. The second kappa shape index (κ2) is 7.49. The fraction of sp³-hybridized carbons (Fsp3) is 0.444. The van der Waals surface area contributed by atoms with Gasteiger partial charge in [0.25, 0.3) is 0 Å². The third-order valence-corrected chi connectivity index (χ3v) is 4.68. The molecule has 0 saturated heterocycles. The molecule has 0 radical (unpaired) electrons. The number of halogens is 1. The second-order valence-electron chi connectivity index (χ2n) is 6.51. The summed E-state index contributed by atoms with van der Waals surface area (Å²) in [5.74, 6) is 1.72. The van der Waals surface area contributed by atoms with E-state index in [1.54, 1.807) is 0 Å². The molecular weight excluding hydrogens is 366 g/mol. The van der Waals surface area contributed by atoms with E-state index in [1.165, 1.54) is 11.1 Å². The van der Waals surface area contributed by atoms with Gasteiger partial charge in [0.15, 0.2) is 0 Å². The molecule has 1 aliphatic heterocycles. The zero-order valence-electron chi connectivity index (χ0n) is 14.5. The largest absolute Gasteiger partial charge is 0.353 e. The van der Waals surface area contributed by atoms with Crippen LogP contribution in [-0.2, 0) is 13.0 Å². The molecule has 128 valence electrons. The van der Waals surface area contributed by atoms with Crippen molar-refractivity contribution < 1.29 is 0 Å². The van der Waals surface area contributed by atoms with E-state index in [4.69, 9.17) is 4.98 Å². The Morgan fingerprint density at radius 2 is 2.04 bits per heavy atom. The fourth-order valence-corrected chi connectivity index (χ4v) is 3.31. The smallest absolute Gasteiger partial charge is 0.224 e. The van der Waals surface area contributed by atoms with Crippen molar-refractivity contribution in [3.8, 4) is 0 Å². The van der Waals surface area contributed by atoms with Gasteiger partial charge in [-0.05, 0) is 50.7 Å². The molecule has 6 heteroatoms. The molecule has 24 heavy (non-hydrogen) atoms. The van der Waals surface area contributed by atoms with Crippen LogP contribution in [0.15, 0.2) is 28.7 Å². The Hall–Kier alpha value is -1.66. The molecule has 1 aromatic heterocycles. The quantitative estimate of drug-likeness (QED) is 0.850. The number of nitrogens with one attached hydrogen (secondary N) is 1. The minimum atomic E-state index is 0.716. The van der Waals surface area contributed by atoms with Gasteiger partial charge in [-0.15, -0.1) is 0 Å². The molecule has 0 unspecified atom stereocenters. The van der Waals surface area contributed by atoms with Crippen LogP contribution in [0.1, 0.15) is 16.8 Å². The Kier molecular flexibility index (Phi) is 5.36. The monoisotopic (exact) mass is 389 g/mol. The lowest BCUT2D eigenvalue weighted by Crippen LogP contribution is -2.31. The first-order valence-corrected chi connectivity index (χ1v) is 9.07. The summed E-state index contributed by atoms with van der Waals surface area (Å²) in [7, 11) is 4.13. The third kappa shape index (κ3) is 4.24. The normalized spacial score (nSPS) is 14.0. The van der Waals surface area contributed by atoms with Crippen molar-refractivity contribution in [2.75, 3.05) is 43.9 Å². The second-order valence-corrected chi connectivity index (χ2v) is 7.42. The fourth-order valence-electron chi connectivity index (χ4n) is 2.90. The summed E-state index contributed by atoms with van der Waals surface area (Å²) in [6, 6.07) is 8.62. The number of hydrogen-bond donors (Lipinski definition) is 1. The van der Waals surface area contributed by atoms with Crippen molar-refractivity contribution >= 4 is 27.7 Å². The lowest BCUT2D eigenvalue weighted by atomic mass is 10.00. The number of hydrogen-bond acceptors (Lipinski definition) is 5. The number of fused-ring (bicyclic) bond motifs is 1. The van der Waals surface area contributed by atoms with E-state index < -0.39 is 0 Å². The standard InChI is InChI=1S/C18H24BrN5/c1-13-10-17(22-18(21-13)20-7-9-23(2)3)24-8-6-14-11-16(19)5-4-15(14)12-24/h4-5,10-11H,6-9,12H2,1-3H3,(H,20,21,22). The maximum absolute atomic E-state index is 4.72. The molecule has 0 saturated carbocycles. The van der Waals surface area contributed by atoms with Gasteiger partial charge in [-0.2, -0.15) is 4.98 Å². The highest BCUT2D eigenvalue weighted by molar-refractivity contribution is 9.10. The van der Waals surface area contributed by atoms with Gasteiger partial charge in [0.1, 0.15) is 5.82 Å². The van der Waals surface area contributed by atoms with E-state index in [-0.39, 0.29) is 0 Å². The Labute approximate surface area is 152 Å². The number of likely N-dealkylation sites (N-methyl/N-ethyl adjacent to an activating group) is 1. The average Bonchev–Trinajstić information content (AvgIpc) is 2.53. The van der Waals surface area contributed by atoms with Gasteiger partial charge in [-0.3, -0.25) is 0 Å². The minimum absolute atomic E-state index is 0.716. The predicted molar refractivity (Wildman–Crippen MR) is 103 cm³/mol. The molecule has 1 N–H and O–H groups in total. The zero-order valence-corrected chi connectivity index (χ0v) is 16.1. The molecule has 1 aliphatic rings. The summed E-state index contributed by atoms with van der Waals surface area (Å²) in [6.45, 7) is 5.70. The number of nitrogens with zero attached hydrogens (tertiary/aromatic N) is 4. The van der Waals surface area contributed by atoms with Crippen molar-refractivity contribution in [1.29, 1.82) is 0 Å². The van der Waals surface area contributed by atoms with Crippen LogP contribution in [0.4, 0.5) is 11.8 Å². The molecule has 0 amide bonds. The van der Waals surface area contributed by atoms with E-state index in [0.717, 1.165) is 48.6 Å². The molecule has 0 atom stereocenters. The van der Waals surface area contributed by atoms with E-state index in [1.807, 2.05) is 6.92 Å². The maximum Gasteiger partial charge on any atom is 0.224 e. The van der Waals surface area contributed by atoms with Crippen molar-refractivity contribution in [3.05, 3.63) is 45.6 Å². The van der Waals surface area contributed by atoms with Crippen molar-refractivity contribution in [1.82, 2.24) is 14.9 Å². The van der Waals surface area contributed by atoms with Crippen LogP contribution < -0.4 is 10.2 Å². The van der Waals surface area contributed by atoms with Crippen LogP contribution >= 0.6 is 15.9 Å². The van der Waals surface area contributed by atoms with Gasteiger partial charge in [0.05, 0.1) is 0 Å². The topological polar surface area (TPSA) is 44.3 Å². The Balaban J connectivity index is 1.75. The molecular formula is C18H24BrN5. The number of aryl methyl sites for hydroxylation is 1. The highest BCUT2D eigenvalue weighted by Crippen LogP contribution is 2.26. The number of aromatic nitrogens is 2. The molecule has 0 bridgehead atoms. The van der Waals surface area contributed by atoms with Crippen molar-refractivity contribution in [2.24, 2.45) is 0 Å². The highest BCUT2D eigenvalue weighted by Gasteiger charge is 2.18. The van der Waals surface area contributed by atoms with Gasteiger partial charge < -0.3 is 15.1 Å². The van der Waals surface area contributed by atoms with E-state index in [2.05, 4.69) is 74.4 Å². The predicted octanol–water partition coefficient (Wildman–Crippen LogP) is 3.08. The van der Waals surface area contributed by atoms with Crippen LogP contribution in [0.2, 0.25) is 0 Å². The van der Waals surface area contributed by atoms with Crippen LogP contribution in [0.5, 0.6) is 0 Å². The van der Waals surface area contributed by atoms with Crippen molar-refractivity contribution in [3.63, 3.8) is 0 Å². The van der Waals surface area contributed by atoms with Crippen molar-refractivity contribution in [2.45, 2.75) is 19.9 Å². The molecule has 0 aliphatic carbocycles. The van der Waals surface area contributed by atoms with E-state index in [9.17, 15) is 0 Å². The lowest BCUT2D eigenvalue weighted by Gasteiger charge is -2.30. The average molecular weight is 390 g/mol. The summed E-state index contributed by atoms with van der Waals surface area (Å²) in [5.41, 5.74) is 3.80. The first-order valence-electron chi connectivity index (χ1n) is 8.28. The van der Waals surface area contributed by atoms with Gasteiger partial charge in [0.2, 0.25) is 5.95 Å². The van der Waals surface area contributed by atoms with Crippen LogP contribution in [0, 0.1) is 6.92 Å². The molecule has 0 spiro atoms. The first kappa shape index (κ1) is 17.2. The third-order valence-electron chi connectivity index (χ3n) is 4.19. The Morgan fingerprint density at radius 1 is 1.21 bits per heavy atom. The van der Waals surface area contributed by atoms with Crippen LogP contribution in [0.25, 0.3) is 0 Å². The number of rotatable bonds is 5. The zero-order chi connectivity index (χ0) is 17.1. The summed E-state index contributed by atoms with van der Waals surface area (Å²) in [4.78, 5) is 13.7. The van der Waals surface area contributed by atoms with Gasteiger partial charge in [-0.1, -0.05) is 22.0 Å². The van der Waals surface area contributed by atoms with E-state index >= 15 is 0 Å². The molecule has 3 rings (SSSR count).